The summed E-state index contributed by atoms with van der Waals surface area (Å²) in [5.74, 6) is 1.56. The van der Waals surface area contributed by atoms with Crippen molar-refractivity contribution in [1.82, 2.24) is 0 Å². The number of ether oxygens (including phenoxy) is 2. The first-order chi connectivity index (χ1) is 7.87. The van der Waals surface area contributed by atoms with Crippen molar-refractivity contribution in [1.29, 1.82) is 0 Å². The van der Waals surface area contributed by atoms with Crippen molar-refractivity contribution in [3.63, 3.8) is 0 Å². The van der Waals surface area contributed by atoms with Gasteiger partial charge in [-0.15, -0.1) is 0 Å². The van der Waals surface area contributed by atoms with E-state index in [1.165, 1.54) is 11.1 Å². The number of nitrogens with two attached hydrogens (primary N) is 1. The third kappa shape index (κ3) is 3.93. The molecule has 0 spiro atoms. The molecule has 0 saturated heterocycles. The molecule has 0 heterocycles. The maximum Gasteiger partial charge on any atom is 0.161 e. The molecule has 0 saturated carbocycles. The van der Waals surface area contributed by atoms with Crippen molar-refractivity contribution in [3.8, 4) is 11.5 Å². The van der Waals surface area contributed by atoms with Gasteiger partial charge < -0.3 is 15.2 Å². The van der Waals surface area contributed by atoms with Crippen molar-refractivity contribution in [2.75, 3.05) is 14.2 Å². The van der Waals surface area contributed by atoms with Crippen LogP contribution < -0.4 is 15.2 Å². The van der Waals surface area contributed by atoms with Gasteiger partial charge in [-0.1, -0.05) is 0 Å². The lowest BCUT2D eigenvalue weighted by atomic mass is 9.94. The van der Waals surface area contributed by atoms with Crippen LogP contribution in [0.5, 0.6) is 11.5 Å². The van der Waals surface area contributed by atoms with E-state index in [1.54, 1.807) is 14.2 Å². The highest BCUT2D eigenvalue weighted by Gasteiger charge is 2.13. The Kier molecular flexibility index (Phi) is 4.40. The Morgan fingerprint density at radius 1 is 1.12 bits per heavy atom. The minimum Gasteiger partial charge on any atom is -0.493 e. The molecule has 2 N–H and O–H groups in total. The van der Waals surface area contributed by atoms with Gasteiger partial charge in [0.15, 0.2) is 11.5 Å². The molecule has 1 aromatic rings. The minimum absolute atomic E-state index is 0.139. The molecule has 0 unspecified atom stereocenters. The zero-order valence-electron chi connectivity index (χ0n) is 11.5. The first kappa shape index (κ1) is 13.8. The quantitative estimate of drug-likeness (QED) is 0.856. The molecular formula is C14H23NO2. The minimum atomic E-state index is -0.139. The van der Waals surface area contributed by atoms with Crippen LogP contribution in [0.2, 0.25) is 0 Å². The fourth-order valence-electron chi connectivity index (χ4n) is 1.75. The van der Waals surface area contributed by atoms with E-state index in [2.05, 4.69) is 6.92 Å². The van der Waals surface area contributed by atoms with Crippen molar-refractivity contribution in [2.45, 2.75) is 39.2 Å². The molecule has 0 aliphatic heterocycles. The summed E-state index contributed by atoms with van der Waals surface area (Å²) in [5.41, 5.74) is 8.34. The van der Waals surface area contributed by atoms with Crippen LogP contribution in [0.4, 0.5) is 0 Å². The molecule has 17 heavy (non-hydrogen) atoms. The summed E-state index contributed by atoms with van der Waals surface area (Å²) in [6.07, 6.45) is 1.90. The van der Waals surface area contributed by atoms with Gasteiger partial charge in [-0.05, 0) is 56.9 Å². The second-order valence-corrected chi connectivity index (χ2v) is 5.12. The van der Waals surface area contributed by atoms with E-state index in [0.29, 0.717) is 0 Å². The topological polar surface area (TPSA) is 44.5 Å². The normalized spacial score (nSPS) is 11.4. The van der Waals surface area contributed by atoms with Crippen LogP contribution in [0, 0.1) is 6.92 Å². The first-order valence-corrected chi connectivity index (χ1v) is 5.88. The molecule has 3 heteroatoms. The highest BCUT2D eigenvalue weighted by molar-refractivity contribution is 5.47. The molecule has 1 aromatic carbocycles. The first-order valence-electron chi connectivity index (χ1n) is 5.88. The van der Waals surface area contributed by atoms with Crippen LogP contribution >= 0.6 is 0 Å². The van der Waals surface area contributed by atoms with Crippen molar-refractivity contribution in [3.05, 3.63) is 23.3 Å². The van der Waals surface area contributed by atoms with E-state index in [-0.39, 0.29) is 5.54 Å². The molecule has 0 amide bonds. The average Bonchev–Trinajstić information content (AvgIpc) is 2.25. The Hall–Kier alpha value is -1.22. The van der Waals surface area contributed by atoms with E-state index in [9.17, 15) is 0 Å². The van der Waals surface area contributed by atoms with Crippen LogP contribution in [0.15, 0.2) is 12.1 Å². The molecule has 96 valence electrons. The van der Waals surface area contributed by atoms with Gasteiger partial charge in [0.05, 0.1) is 14.2 Å². The van der Waals surface area contributed by atoms with Gasteiger partial charge in [-0.2, -0.15) is 0 Å². The molecule has 3 nitrogen and oxygen atoms in total. The van der Waals surface area contributed by atoms with Gasteiger partial charge in [0.2, 0.25) is 0 Å². The fraction of sp³-hybridized carbons (Fsp3) is 0.571. The molecule has 0 bridgehead atoms. The van der Waals surface area contributed by atoms with Gasteiger partial charge in [0.25, 0.3) is 0 Å². The van der Waals surface area contributed by atoms with Crippen molar-refractivity contribution >= 4 is 0 Å². The fourth-order valence-corrected chi connectivity index (χ4v) is 1.75. The monoisotopic (exact) mass is 237 g/mol. The number of aryl methyl sites for hydroxylation is 2. The standard InChI is InChI=1S/C14H23NO2/c1-10-8-12(16-4)13(17-5)9-11(10)6-7-14(2,3)15/h8-9H,6-7,15H2,1-5H3. The number of hydrogen-bond acceptors (Lipinski definition) is 3. The van der Waals surface area contributed by atoms with Crippen LogP contribution in [0.3, 0.4) is 0 Å². The Morgan fingerprint density at radius 2 is 1.65 bits per heavy atom. The number of methoxy groups -OCH3 is 2. The predicted molar refractivity (Wildman–Crippen MR) is 70.9 cm³/mol. The van der Waals surface area contributed by atoms with Crippen LogP contribution in [0.1, 0.15) is 31.4 Å². The lowest BCUT2D eigenvalue weighted by Crippen LogP contribution is -2.32. The third-order valence-corrected chi connectivity index (χ3v) is 2.88. The van der Waals surface area contributed by atoms with E-state index >= 15 is 0 Å². The van der Waals surface area contributed by atoms with E-state index < -0.39 is 0 Å². The number of rotatable bonds is 5. The number of hydrogen-bond donors (Lipinski definition) is 1. The van der Waals surface area contributed by atoms with Crippen molar-refractivity contribution in [2.24, 2.45) is 5.73 Å². The Labute approximate surface area is 104 Å². The zero-order valence-corrected chi connectivity index (χ0v) is 11.5. The van der Waals surface area contributed by atoms with Gasteiger partial charge in [0.1, 0.15) is 0 Å². The summed E-state index contributed by atoms with van der Waals surface area (Å²) in [7, 11) is 3.31. The van der Waals surface area contributed by atoms with Crippen molar-refractivity contribution < 1.29 is 9.47 Å². The van der Waals surface area contributed by atoms with Gasteiger partial charge in [-0.3, -0.25) is 0 Å². The van der Waals surface area contributed by atoms with E-state index in [0.717, 1.165) is 24.3 Å². The summed E-state index contributed by atoms with van der Waals surface area (Å²) in [4.78, 5) is 0. The third-order valence-electron chi connectivity index (χ3n) is 2.88. The summed E-state index contributed by atoms with van der Waals surface area (Å²) >= 11 is 0. The largest absolute Gasteiger partial charge is 0.493 e. The van der Waals surface area contributed by atoms with E-state index in [1.807, 2.05) is 26.0 Å². The molecule has 0 radical (unpaired) electrons. The molecule has 0 aliphatic rings. The predicted octanol–water partition coefficient (Wildman–Crippen LogP) is 2.68. The molecular weight excluding hydrogens is 214 g/mol. The smallest absolute Gasteiger partial charge is 0.161 e. The lowest BCUT2D eigenvalue weighted by molar-refractivity contribution is 0.354. The maximum atomic E-state index is 6.00. The van der Waals surface area contributed by atoms with Gasteiger partial charge in [-0.25, -0.2) is 0 Å². The Morgan fingerprint density at radius 3 is 2.12 bits per heavy atom. The highest BCUT2D eigenvalue weighted by atomic mass is 16.5. The average molecular weight is 237 g/mol. The molecule has 0 aromatic heterocycles. The van der Waals surface area contributed by atoms with Gasteiger partial charge >= 0.3 is 0 Å². The number of benzene rings is 1. The summed E-state index contributed by atoms with van der Waals surface area (Å²) in [5, 5.41) is 0. The SMILES string of the molecule is COc1cc(C)c(CCC(C)(C)N)cc1OC. The lowest BCUT2D eigenvalue weighted by Gasteiger charge is -2.19. The van der Waals surface area contributed by atoms with E-state index in [4.69, 9.17) is 15.2 Å². The maximum absolute atomic E-state index is 6.00. The molecule has 0 aliphatic carbocycles. The summed E-state index contributed by atoms with van der Waals surface area (Å²) in [6, 6.07) is 4.05. The zero-order chi connectivity index (χ0) is 13.1. The van der Waals surface area contributed by atoms with Crippen LogP contribution in [-0.2, 0) is 6.42 Å². The Bertz CT molecular complexity index is 381. The molecule has 0 fully saturated rings. The second kappa shape index (κ2) is 5.41. The molecule has 0 atom stereocenters. The highest BCUT2D eigenvalue weighted by Crippen LogP contribution is 2.31. The van der Waals surface area contributed by atoms with Gasteiger partial charge in [0, 0.05) is 5.54 Å². The summed E-state index contributed by atoms with van der Waals surface area (Å²) in [6.45, 7) is 6.17. The summed E-state index contributed by atoms with van der Waals surface area (Å²) < 4.78 is 10.6. The Balaban J connectivity index is 2.93. The second-order valence-electron chi connectivity index (χ2n) is 5.12. The van der Waals surface area contributed by atoms with Crippen LogP contribution in [0.25, 0.3) is 0 Å². The van der Waals surface area contributed by atoms with Crippen LogP contribution in [-0.4, -0.2) is 19.8 Å². The molecule has 1 rings (SSSR count).